The first-order valence-electron chi connectivity index (χ1n) is 8.91. The smallest absolute Gasteiger partial charge is 0.266 e. The average molecular weight is 287 g/mol. The molecule has 2 aromatic carbocycles. The van der Waals surface area contributed by atoms with Gasteiger partial charge in [0.05, 0.1) is 0 Å². The SMILES string of the molecule is c1ccc2c(c1)c1ccccc1n2B1[C@@H]2CCCC[C@H]1CC2. The van der Waals surface area contributed by atoms with Gasteiger partial charge in [-0.3, -0.25) is 0 Å². The molecular weight excluding hydrogens is 265 g/mol. The maximum atomic E-state index is 2.72. The Hall–Kier alpha value is -1.70. The third kappa shape index (κ3) is 1.73. The van der Waals surface area contributed by atoms with Gasteiger partial charge in [-0.2, -0.15) is 0 Å². The molecule has 3 heterocycles. The van der Waals surface area contributed by atoms with Gasteiger partial charge >= 0.3 is 0 Å². The van der Waals surface area contributed by atoms with Crippen LogP contribution in [0.1, 0.15) is 38.5 Å². The number of hydrogen-bond acceptors (Lipinski definition) is 0. The summed E-state index contributed by atoms with van der Waals surface area (Å²) in [6, 6.07) is 18.0. The van der Waals surface area contributed by atoms with E-state index in [2.05, 4.69) is 53.0 Å². The lowest BCUT2D eigenvalue weighted by molar-refractivity contribution is 0.548. The molecule has 2 atom stereocenters. The fourth-order valence-corrected chi connectivity index (χ4v) is 5.29. The van der Waals surface area contributed by atoms with E-state index in [1.165, 1.54) is 60.3 Å². The standard InChI is InChI=1S/C20H22BN/c1-2-8-16-14-13-15(7-1)21(16)22-19-11-5-3-9-17(19)18-10-4-6-12-20(18)22/h3-6,9-12,15-16H,1-2,7-8,13-14H2/t15-,16+. The van der Waals surface area contributed by atoms with Crippen molar-refractivity contribution in [1.82, 2.24) is 4.48 Å². The highest BCUT2D eigenvalue weighted by Gasteiger charge is 2.43. The van der Waals surface area contributed by atoms with Gasteiger partial charge in [0.2, 0.25) is 0 Å². The van der Waals surface area contributed by atoms with Crippen LogP contribution in [-0.4, -0.2) is 11.3 Å². The Bertz CT molecular complexity index is 767. The molecule has 0 spiro atoms. The van der Waals surface area contributed by atoms with Crippen molar-refractivity contribution in [1.29, 1.82) is 0 Å². The van der Waals surface area contributed by atoms with Crippen LogP contribution in [0, 0.1) is 0 Å². The minimum Gasteiger partial charge on any atom is -0.385 e. The maximum absolute atomic E-state index is 2.72. The van der Waals surface area contributed by atoms with Crippen molar-refractivity contribution >= 4 is 28.7 Å². The summed E-state index contributed by atoms with van der Waals surface area (Å²) in [7, 11) is 0. The van der Waals surface area contributed by atoms with Gasteiger partial charge in [-0.1, -0.05) is 74.9 Å². The van der Waals surface area contributed by atoms with Gasteiger partial charge in [-0.25, -0.2) is 0 Å². The van der Waals surface area contributed by atoms with Crippen molar-refractivity contribution in [3.63, 3.8) is 0 Å². The first kappa shape index (κ1) is 12.8. The van der Waals surface area contributed by atoms with Crippen molar-refractivity contribution < 1.29 is 0 Å². The normalized spacial score (nSPS) is 25.0. The second-order valence-corrected chi connectivity index (χ2v) is 7.28. The van der Waals surface area contributed by atoms with Gasteiger partial charge in [0.1, 0.15) is 0 Å². The van der Waals surface area contributed by atoms with E-state index in [0.717, 1.165) is 18.5 Å². The zero-order valence-corrected chi connectivity index (χ0v) is 13.0. The van der Waals surface area contributed by atoms with Crippen LogP contribution < -0.4 is 0 Å². The maximum Gasteiger partial charge on any atom is 0.266 e. The van der Waals surface area contributed by atoms with E-state index in [4.69, 9.17) is 0 Å². The summed E-state index contributed by atoms with van der Waals surface area (Å²) < 4.78 is 2.72. The highest BCUT2D eigenvalue weighted by molar-refractivity contribution is 6.63. The predicted octanol–water partition coefficient (Wildman–Crippen LogP) is 5.74. The molecule has 0 unspecified atom stereocenters. The molecule has 2 aliphatic heterocycles. The summed E-state index contributed by atoms with van der Waals surface area (Å²) >= 11 is 0. The third-order valence-electron chi connectivity index (χ3n) is 6.19. The number of aromatic nitrogens is 1. The van der Waals surface area contributed by atoms with E-state index in [1.54, 1.807) is 0 Å². The molecule has 5 rings (SSSR count). The molecule has 1 nitrogen and oxygen atoms in total. The van der Waals surface area contributed by atoms with E-state index in [1.807, 2.05) is 0 Å². The molecule has 0 N–H and O–H groups in total. The minimum atomic E-state index is 0.729. The molecule has 2 saturated heterocycles. The molecule has 1 aromatic heterocycles. The number of fused-ring (bicyclic) bond motifs is 5. The van der Waals surface area contributed by atoms with Gasteiger partial charge in [0, 0.05) is 21.8 Å². The lowest BCUT2D eigenvalue weighted by Gasteiger charge is -2.22. The van der Waals surface area contributed by atoms with E-state index in [9.17, 15) is 0 Å². The fraction of sp³-hybridized carbons (Fsp3) is 0.400. The summed E-state index contributed by atoms with van der Waals surface area (Å²) in [5, 5.41) is 2.86. The lowest BCUT2D eigenvalue weighted by Crippen LogP contribution is -2.29. The first-order valence-corrected chi connectivity index (χ1v) is 8.91. The van der Waals surface area contributed by atoms with Crippen LogP contribution in [0.25, 0.3) is 21.8 Å². The summed E-state index contributed by atoms with van der Waals surface area (Å²) in [6.45, 7) is 0.729. The second kappa shape index (κ2) is 4.91. The third-order valence-corrected chi connectivity index (χ3v) is 6.19. The number of benzene rings is 2. The second-order valence-electron chi connectivity index (χ2n) is 7.28. The molecule has 2 heteroatoms. The molecular formula is C20H22BN. The van der Waals surface area contributed by atoms with Gasteiger partial charge in [-0.15, -0.1) is 0 Å². The molecule has 2 bridgehead atoms. The molecule has 2 aliphatic rings. The predicted molar refractivity (Wildman–Crippen MR) is 95.8 cm³/mol. The van der Waals surface area contributed by atoms with Crippen LogP contribution in [0.3, 0.4) is 0 Å². The van der Waals surface area contributed by atoms with Crippen LogP contribution in [0.4, 0.5) is 0 Å². The van der Waals surface area contributed by atoms with Crippen molar-refractivity contribution in [3.05, 3.63) is 48.5 Å². The molecule has 110 valence electrons. The molecule has 22 heavy (non-hydrogen) atoms. The van der Waals surface area contributed by atoms with Crippen molar-refractivity contribution in [2.24, 2.45) is 0 Å². The Labute approximate surface area is 132 Å². The van der Waals surface area contributed by atoms with Crippen LogP contribution >= 0.6 is 0 Å². The van der Waals surface area contributed by atoms with E-state index >= 15 is 0 Å². The average Bonchev–Trinajstić information content (AvgIpc) is 3.00. The van der Waals surface area contributed by atoms with Crippen molar-refractivity contribution in [2.75, 3.05) is 0 Å². The Kier molecular flexibility index (Phi) is 2.86. The van der Waals surface area contributed by atoms with Crippen molar-refractivity contribution in [3.8, 4) is 0 Å². The highest BCUT2D eigenvalue weighted by atomic mass is 14.9. The Morgan fingerprint density at radius 1 is 0.682 bits per heavy atom. The minimum absolute atomic E-state index is 0.729. The largest absolute Gasteiger partial charge is 0.385 e. The van der Waals surface area contributed by atoms with Gasteiger partial charge in [0.15, 0.2) is 0 Å². The van der Waals surface area contributed by atoms with Crippen LogP contribution in [0.15, 0.2) is 48.5 Å². The van der Waals surface area contributed by atoms with Crippen LogP contribution in [-0.2, 0) is 0 Å². The van der Waals surface area contributed by atoms with E-state index in [-0.39, 0.29) is 0 Å². The van der Waals surface area contributed by atoms with Gasteiger partial charge in [-0.05, 0) is 23.8 Å². The zero-order chi connectivity index (χ0) is 14.5. The van der Waals surface area contributed by atoms with Crippen LogP contribution in [0.5, 0.6) is 0 Å². The topological polar surface area (TPSA) is 4.93 Å². The van der Waals surface area contributed by atoms with E-state index in [0.29, 0.717) is 0 Å². The number of rotatable bonds is 1. The molecule has 0 amide bonds. The summed E-state index contributed by atoms with van der Waals surface area (Å²) in [5.41, 5.74) is 2.90. The number of nitrogens with zero attached hydrogens (tertiary/aromatic N) is 1. The molecule has 0 saturated carbocycles. The lowest BCUT2D eigenvalue weighted by atomic mass is 9.46. The fourth-order valence-electron chi connectivity index (χ4n) is 5.29. The molecule has 0 aliphatic carbocycles. The van der Waals surface area contributed by atoms with Crippen molar-refractivity contribution in [2.45, 2.75) is 50.2 Å². The Balaban J connectivity index is 1.82. The summed E-state index contributed by atoms with van der Waals surface area (Å²) in [6.07, 6.45) is 8.62. The number of hydrogen-bond donors (Lipinski definition) is 0. The van der Waals surface area contributed by atoms with Gasteiger partial charge < -0.3 is 4.48 Å². The molecule has 2 fully saturated rings. The Morgan fingerprint density at radius 3 is 1.73 bits per heavy atom. The van der Waals surface area contributed by atoms with Gasteiger partial charge in [0.25, 0.3) is 6.85 Å². The van der Waals surface area contributed by atoms with Crippen LogP contribution in [0.2, 0.25) is 11.6 Å². The molecule has 3 aromatic rings. The molecule has 0 radical (unpaired) electrons. The summed E-state index contributed by atoms with van der Waals surface area (Å²) in [4.78, 5) is 0. The highest BCUT2D eigenvalue weighted by Crippen LogP contribution is 2.49. The zero-order valence-electron chi connectivity index (χ0n) is 13.0. The number of para-hydroxylation sites is 2. The first-order chi connectivity index (χ1) is 10.9. The quantitative estimate of drug-likeness (QED) is 0.503. The van der Waals surface area contributed by atoms with E-state index < -0.39 is 0 Å². The monoisotopic (exact) mass is 287 g/mol. The Morgan fingerprint density at radius 2 is 1.18 bits per heavy atom. The summed E-state index contributed by atoms with van der Waals surface area (Å²) in [5.74, 6) is 1.79.